The summed E-state index contributed by atoms with van der Waals surface area (Å²) in [6.07, 6.45) is 9.04. The molecule has 1 heterocycles. The van der Waals surface area contributed by atoms with Crippen LogP contribution in [0.5, 0.6) is 0 Å². The van der Waals surface area contributed by atoms with Crippen LogP contribution in [0.25, 0.3) is 0 Å². The zero-order valence-electron chi connectivity index (χ0n) is 9.32. The van der Waals surface area contributed by atoms with E-state index in [-0.39, 0.29) is 6.29 Å². The Morgan fingerprint density at radius 2 is 1.64 bits per heavy atom. The third-order valence-corrected chi connectivity index (χ3v) is 1.50. The van der Waals surface area contributed by atoms with Crippen LogP contribution in [-0.4, -0.2) is 19.5 Å². The molecule has 0 aromatic rings. The second-order valence-corrected chi connectivity index (χ2v) is 2.69. The number of dihydropyridines is 1. The molecule has 0 radical (unpaired) electrons. The van der Waals surface area contributed by atoms with E-state index in [0.717, 1.165) is 19.6 Å². The lowest BCUT2D eigenvalue weighted by atomic mass is 10.4. The minimum absolute atomic E-state index is 0.0370. The van der Waals surface area contributed by atoms with E-state index in [2.05, 4.69) is 17.5 Å². The van der Waals surface area contributed by atoms with Crippen LogP contribution in [-0.2, 0) is 9.47 Å². The molecule has 0 saturated carbocycles. The van der Waals surface area contributed by atoms with Gasteiger partial charge >= 0.3 is 0 Å². The van der Waals surface area contributed by atoms with Gasteiger partial charge in [-0.3, -0.25) is 0 Å². The normalized spacial score (nSPS) is 13.4. The molecular formula is C11H21NO2. The molecule has 0 amide bonds. The SMILES string of the molecule is C1=CNC=CC1.CCOC(C)OCC. The summed E-state index contributed by atoms with van der Waals surface area (Å²) in [6.45, 7) is 7.25. The minimum Gasteiger partial charge on any atom is -0.368 e. The molecule has 0 saturated heterocycles. The van der Waals surface area contributed by atoms with E-state index in [4.69, 9.17) is 9.47 Å². The fourth-order valence-electron chi connectivity index (χ4n) is 0.924. The lowest BCUT2D eigenvalue weighted by Gasteiger charge is -2.09. The van der Waals surface area contributed by atoms with Crippen LogP contribution < -0.4 is 5.32 Å². The molecule has 0 aromatic carbocycles. The van der Waals surface area contributed by atoms with Crippen LogP contribution in [0.2, 0.25) is 0 Å². The second kappa shape index (κ2) is 10.3. The van der Waals surface area contributed by atoms with Crippen LogP contribution in [0, 0.1) is 0 Å². The summed E-state index contributed by atoms with van der Waals surface area (Å²) in [6, 6.07) is 0. The molecule has 3 nitrogen and oxygen atoms in total. The Balaban J connectivity index is 0.000000249. The third kappa shape index (κ3) is 9.29. The maximum Gasteiger partial charge on any atom is 0.154 e. The molecule has 1 aliphatic rings. The van der Waals surface area contributed by atoms with E-state index in [1.165, 1.54) is 0 Å². The van der Waals surface area contributed by atoms with Gasteiger partial charge in [-0.2, -0.15) is 0 Å². The van der Waals surface area contributed by atoms with Gasteiger partial charge in [0, 0.05) is 13.2 Å². The zero-order valence-corrected chi connectivity index (χ0v) is 9.32. The number of nitrogens with one attached hydrogen (secondary N) is 1. The van der Waals surface area contributed by atoms with Gasteiger partial charge in [0.1, 0.15) is 0 Å². The van der Waals surface area contributed by atoms with Crippen molar-refractivity contribution in [2.45, 2.75) is 33.5 Å². The molecule has 0 fully saturated rings. The molecular weight excluding hydrogens is 178 g/mol. The van der Waals surface area contributed by atoms with Crippen molar-refractivity contribution in [3.05, 3.63) is 24.6 Å². The molecule has 1 N–H and O–H groups in total. The van der Waals surface area contributed by atoms with E-state index in [0.29, 0.717) is 0 Å². The Morgan fingerprint density at radius 1 is 1.14 bits per heavy atom. The first-order valence-corrected chi connectivity index (χ1v) is 5.10. The number of allylic oxidation sites excluding steroid dienone is 2. The predicted octanol–water partition coefficient (Wildman–Crippen LogP) is 2.41. The summed E-state index contributed by atoms with van der Waals surface area (Å²) in [5, 5.41) is 2.92. The second-order valence-electron chi connectivity index (χ2n) is 2.69. The van der Waals surface area contributed by atoms with Gasteiger partial charge in [-0.25, -0.2) is 0 Å². The molecule has 1 aliphatic heterocycles. The van der Waals surface area contributed by atoms with Crippen molar-refractivity contribution in [1.29, 1.82) is 0 Å². The monoisotopic (exact) mass is 199 g/mol. The molecule has 0 spiro atoms. The summed E-state index contributed by atoms with van der Waals surface area (Å²) in [4.78, 5) is 0. The van der Waals surface area contributed by atoms with Crippen LogP contribution in [0.4, 0.5) is 0 Å². The first-order valence-electron chi connectivity index (χ1n) is 5.10. The van der Waals surface area contributed by atoms with Crippen molar-refractivity contribution in [2.75, 3.05) is 13.2 Å². The summed E-state index contributed by atoms with van der Waals surface area (Å²) in [5.41, 5.74) is 0. The van der Waals surface area contributed by atoms with Crippen molar-refractivity contribution in [3.63, 3.8) is 0 Å². The minimum atomic E-state index is -0.0370. The molecule has 1 rings (SSSR count). The van der Waals surface area contributed by atoms with Crippen LogP contribution in [0.1, 0.15) is 27.2 Å². The van der Waals surface area contributed by atoms with E-state index in [1.54, 1.807) is 0 Å². The highest BCUT2D eigenvalue weighted by Gasteiger charge is 1.94. The predicted molar refractivity (Wildman–Crippen MR) is 58.7 cm³/mol. The Morgan fingerprint density at radius 3 is 1.86 bits per heavy atom. The molecule has 82 valence electrons. The lowest BCUT2D eigenvalue weighted by molar-refractivity contribution is -0.123. The largest absolute Gasteiger partial charge is 0.368 e. The standard InChI is InChI=1S/C6H14O2.C5H7N/c1-4-7-6(3)8-5-2;1-2-4-6-5-3-1/h6H,4-5H2,1-3H3;2-6H,1H2. The molecule has 14 heavy (non-hydrogen) atoms. The van der Waals surface area contributed by atoms with Crippen molar-refractivity contribution in [2.24, 2.45) is 0 Å². The average Bonchev–Trinajstić information content (AvgIpc) is 2.22. The highest BCUT2D eigenvalue weighted by Crippen LogP contribution is 1.90. The lowest BCUT2D eigenvalue weighted by Crippen LogP contribution is -2.11. The first-order chi connectivity index (χ1) is 6.81. The highest BCUT2D eigenvalue weighted by molar-refractivity contribution is 4.98. The maximum absolute atomic E-state index is 5.06. The summed E-state index contributed by atoms with van der Waals surface area (Å²) in [5.74, 6) is 0. The smallest absolute Gasteiger partial charge is 0.154 e. The van der Waals surface area contributed by atoms with Gasteiger partial charge in [0.25, 0.3) is 0 Å². The van der Waals surface area contributed by atoms with Gasteiger partial charge in [0.15, 0.2) is 6.29 Å². The number of hydrogen-bond acceptors (Lipinski definition) is 3. The number of ether oxygens (including phenoxy) is 2. The topological polar surface area (TPSA) is 30.5 Å². The van der Waals surface area contributed by atoms with E-state index in [1.807, 2.05) is 33.2 Å². The molecule has 0 unspecified atom stereocenters. The fraction of sp³-hybridized carbons (Fsp3) is 0.636. The van der Waals surface area contributed by atoms with E-state index < -0.39 is 0 Å². The van der Waals surface area contributed by atoms with Crippen molar-refractivity contribution < 1.29 is 9.47 Å². The fourth-order valence-corrected chi connectivity index (χ4v) is 0.924. The molecule has 0 aromatic heterocycles. The van der Waals surface area contributed by atoms with E-state index in [9.17, 15) is 0 Å². The average molecular weight is 199 g/mol. The Labute approximate surface area is 86.8 Å². The quantitative estimate of drug-likeness (QED) is 0.705. The number of rotatable bonds is 4. The van der Waals surface area contributed by atoms with Crippen molar-refractivity contribution >= 4 is 0 Å². The maximum atomic E-state index is 5.06. The summed E-state index contributed by atoms with van der Waals surface area (Å²) < 4.78 is 10.1. The highest BCUT2D eigenvalue weighted by atomic mass is 16.7. The van der Waals surface area contributed by atoms with Crippen molar-refractivity contribution in [1.82, 2.24) is 5.32 Å². The Kier molecular flexibility index (Phi) is 9.69. The molecule has 0 bridgehead atoms. The molecule has 0 aliphatic carbocycles. The van der Waals surface area contributed by atoms with Gasteiger partial charge in [0.2, 0.25) is 0 Å². The molecule has 3 heteroatoms. The van der Waals surface area contributed by atoms with Gasteiger partial charge in [-0.05, 0) is 39.6 Å². The van der Waals surface area contributed by atoms with Crippen LogP contribution in [0.15, 0.2) is 24.6 Å². The van der Waals surface area contributed by atoms with Gasteiger partial charge < -0.3 is 14.8 Å². The van der Waals surface area contributed by atoms with Crippen LogP contribution >= 0.6 is 0 Å². The van der Waals surface area contributed by atoms with Crippen molar-refractivity contribution in [3.8, 4) is 0 Å². The zero-order chi connectivity index (χ0) is 10.6. The summed E-state index contributed by atoms with van der Waals surface area (Å²) in [7, 11) is 0. The van der Waals surface area contributed by atoms with Crippen LogP contribution in [0.3, 0.4) is 0 Å². The van der Waals surface area contributed by atoms with Gasteiger partial charge in [-0.1, -0.05) is 12.2 Å². The Hall–Kier alpha value is -0.800. The van der Waals surface area contributed by atoms with E-state index >= 15 is 0 Å². The van der Waals surface area contributed by atoms with Gasteiger partial charge in [-0.15, -0.1) is 0 Å². The summed E-state index contributed by atoms with van der Waals surface area (Å²) >= 11 is 0. The molecule has 0 atom stereocenters. The Bertz CT molecular complexity index is 141. The third-order valence-electron chi connectivity index (χ3n) is 1.50. The first kappa shape index (κ1) is 13.2. The number of hydrogen-bond donors (Lipinski definition) is 1. The van der Waals surface area contributed by atoms with Gasteiger partial charge in [0.05, 0.1) is 0 Å².